The number of anilines is 2. The maximum Gasteiger partial charge on any atom is 0.225 e. The van der Waals surface area contributed by atoms with Gasteiger partial charge in [-0.2, -0.15) is 4.98 Å². The highest BCUT2D eigenvalue weighted by molar-refractivity contribution is 5.90. The number of para-hydroxylation sites is 1. The average Bonchev–Trinajstić information content (AvgIpc) is 2.78. The molecule has 156 valence electrons. The van der Waals surface area contributed by atoms with Crippen molar-refractivity contribution in [3.8, 4) is 0 Å². The van der Waals surface area contributed by atoms with E-state index in [-0.39, 0.29) is 0 Å². The molecule has 6 heteroatoms. The molecule has 2 aromatic heterocycles. The first-order valence-corrected chi connectivity index (χ1v) is 10.7. The van der Waals surface area contributed by atoms with Gasteiger partial charge in [0, 0.05) is 50.5 Å². The van der Waals surface area contributed by atoms with E-state index in [0.29, 0.717) is 12.1 Å². The lowest BCUT2D eigenvalue weighted by Gasteiger charge is -2.29. The van der Waals surface area contributed by atoms with Crippen LogP contribution in [-0.2, 0) is 0 Å². The van der Waals surface area contributed by atoms with E-state index in [0.717, 1.165) is 54.9 Å². The molecule has 1 aliphatic carbocycles. The Morgan fingerprint density at radius 3 is 2.47 bits per heavy atom. The standard InChI is InChI=1S/C24H30N6/c1-30(2)23-21-7-3-4-8-22(21)28-24(29-23)27-20-11-9-19(10-12-20)26-15-5-6-18-13-16-25-17-14-18/h3-8,13-14,16-17,19-20,26H,9-12,15H2,1-2H3,(H,27,28,29). The van der Waals surface area contributed by atoms with Crippen LogP contribution < -0.4 is 15.5 Å². The fourth-order valence-electron chi connectivity index (χ4n) is 3.99. The summed E-state index contributed by atoms with van der Waals surface area (Å²) < 4.78 is 0. The Kier molecular flexibility index (Phi) is 6.54. The Labute approximate surface area is 178 Å². The number of benzene rings is 1. The van der Waals surface area contributed by atoms with E-state index in [1.54, 1.807) is 0 Å². The summed E-state index contributed by atoms with van der Waals surface area (Å²) in [4.78, 5) is 15.6. The second kappa shape index (κ2) is 9.67. The third-order valence-electron chi connectivity index (χ3n) is 5.61. The number of nitrogens with zero attached hydrogens (tertiary/aromatic N) is 4. The maximum atomic E-state index is 4.78. The molecule has 0 bridgehead atoms. The molecule has 1 aromatic carbocycles. The third kappa shape index (κ3) is 5.13. The number of hydrogen-bond donors (Lipinski definition) is 2. The average molecular weight is 403 g/mol. The molecule has 4 rings (SSSR count). The highest BCUT2D eigenvalue weighted by Crippen LogP contribution is 2.26. The molecule has 30 heavy (non-hydrogen) atoms. The second-order valence-corrected chi connectivity index (χ2v) is 8.07. The van der Waals surface area contributed by atoms with Crippen LogP contribution in [0.25, 0.3) is 17.0 Å². The second-order valence-electron chi connectivity index (χ2n) is 8.07. The maximum absolute atomic E-state index is 4.78. The summed E-state index contributed by atoms with van der Waals surface area (Å²) in [5.41, 5.74) is 2.17. The lowest BCUT2D eigenvalue weighted by molar-refractivity contribution is 0.363. The first-order chi connectivity index (χ1) is 14.7. The van der Waals surface area contributed by atoms with Crippen molar-refractivity contribution in [1.82, 2.24) is 20.3 Å². The fourth-order valence-corrected chi connectivity index (χ4v) is 3.99. The number of aromatic nitrogens is 3. The van der Waals surface area contributed by atoms with Crippen molar-refractivity contribution in [2.75, 3.05) is 30.9 Å². The smallest absolute Gasteiger partial charge is 0.225 e. The van der Waals surface area contributed by atoms with Gasteiger partial charge in [-0.05, 0) is 55.5 Å². The molecule has 0 unspecified atom stereocenters. The number of pyridine rings is 1. The minimum absolute atomic E-state index is 0.423. The van der Waals surface area contributed by atoms with E-state index in [1.807, 2.05) is 50.8 Å². The third-order valence-corrected chi connectivity index (χ3v) is 5.61. The van der Waals surface area contributed by atoms with Crippen LogP contribution >= 0.6 is 0 Å². The summed E-state index contributed by atoms with van der Waals surface area (Å²) in [6.45, 7) is 0.894. The molecule has 2 N–H and O–H groups in total. The predicted octanol–water partition coefficient (Wildman–Crippen LogP) is 4.12. The largest absolute Gasteiger partial charge is 0.362 e. The highest BCUT2D eigenvalue weighted by atomic mass is 15.2. The first-order valence-electron chi connectivity index (χ1n) is 10.7. The van der Waals surface area contributed by atoms with Crippen molar-refractivity contribution in [3.63, 3.8) is 0 Å². The Bertz CT molecular complexity index is 977. The van der Waals surface area contributed by atoms with Crippen molar-refractivity contribution in [1.29, 1.82) is 0 Å². The molecule has 0 aliphatic heterocycles. The van der Waals surface area contributed by atoms with Crippen molar-refractivity contribution >= 4 is 28.7 Å². The van der Waals surface area contributed by atoms with Crippen molar-refractivity contribution in [2.24, 2.45) is 0 Å². The zero-order valence-corrected chi connectivity index (χ0v) is 17.8. The van der Waals surface area contributed by atoms with Gasteiger partial charge in [0.05, 0.1) is 5.52 Å². The van der Waals surface area contributed by atoms with Gasteiger partial charge in [0.1, 0.15) is 5.82 Å². The van der Waals surface area contributed by atoms with E-state index < -0.39 is 0 Å². The molecular weight excluding hydrogens is 372 g/mol. The molecule has 1 aliphatic rings. The molecule has 3 aromatic rings. The molecule has 0 radical (unpaired) electrons. The predicted molar refractivity (Wildman–Crippen MR) is 125 cm³/mol. The lowest BCUT2D eigenvalue weighted by Crippen LogP contribution is -2.37. The quantitative estimate of drug-likeness (QED) is 0.620. The Morgan fingerprint density at radius 1 is 0.967 bits per heavy atom. The summed E-state index contributed by atoms with van der Waals surface area (Å²) in [5, 5.41) is 8.32. The fraction of sp³-hybridized carbons (Fsp3) is 0.375. The minimum atomic E-state index is 0.423. The summed E-state index contributed by atoms with van der Waals surface area (Å²) in [5.74, 6) is 1.69. The van der Waals surface area contributed by atoms with Crippen molar-refractivity contribution < 1.29 is 0 Å². The molecule has 1 fully saturated rings. The molecule has 0 saturated heterocycles. The van der Waals surface area contributed by atoms with Gasteiger partial charge in [-0.1, -0.05) is 24.3 Å². The Balaban J connectivity index is 1.29. The zero-order valence-electron chi connectivity index (χ0n) is 17.8. The Hall–Kier alpha value is -2.99. The monoisotopic (exact) mass is 402 g/mol. The van der Waals surface area contributed by atoms with Crippen molar-refractivity contribution in [2.45, 2.75) is 37.8 Å². The summed E-state index contributed by atoms with van der Waals surface area (Å²) in [6, 6.07) is 13.2. The van der Waals surface area contributed by atoms with Crippen LogP contribution in [0.3, 0.4) is 0 Å². The molecule has 0 amide bonds. The number of fused-ring (bicyclic) bond motifs is 1. The highest BCUT2D eigenvalue weighted by Gasteiger charge is 2.21. The summed E-state index contributed by atoms with van der Waals surface area (Å²) >= 11 is 0. The first kappa shape index (κ1) is 20.3. The van der Waals surface area contributed by atoms with Gasteiger partial charge in [0.2, 0.25) is 5.95 Å². The van der Waals surface area contributed by atoms with Crippen LogP contribution in [0.5, 0.6) is 0 Å². The van der Waals surface area contributed by atoms with Gasteiger partial charge in [0.25, 0.3) is 0 Å². The van der Waals surface area contributed by atoms with Gasteiger partial charge in [-0.25, -0.2) is 4.98 Å². The number of rotatable bonds is 7. The molecular formula is C24H30N6. The van der Waals surface area contributed by atoms with Crippen LogP contribution in [0.15, 0.2) is 54.9 Å². The van der Waals surface area contributed by atoms with Gasteiger partial charge >= 0.3 is 0 Å². The van der Waals surface area contributed by atoms with Crippen LogP contribution in [0.4, 0.5) is 11.8 Å². The van der Waals surface area contributed by atoms with Crippen LogP contribution in [-0.4, -0.2) is 47.7 Å². The van der Waals surface area contributed by atoms with Gasteiger partial charge in [-0.15, -0.1) is 0 Å². The topological polar surface area (TPSA) is 66.0 Å². The van der Waals surface area contributed by atoms with Gasteiger partial charge in [0.15, 0.2) is 0 Å². The molecule has 0 spiro atoms. The van der Waals surface area contributed by atoms with E-state index in [1.165, 1.54) is 5.56 Å². The van der Waals surface area contributed by atoms with E-state index in [4.69, 9.17) is 9.97 Å². The lowest BCUT2D eigenvalue weighted by atomic mass is 9.91. The normalized spacial score (nSPS) is 19.3. The van der Waals surface area contributed by atoms with Gasteiger partial charge in [-0.3, -0.25) is 4.98 Å². The molecule has 2 heterocycles. The van der Waals surface area contributed by atoms with E-state index >= 15 is 0 Å². The molecule has 6 nitrogen and oxygen atoms in total. The SMILES string of the molecule is CN(C)c1nc(NC2CCC(NCC=Cc3ccncc3)CC2)nc2ccccc12. The number of hydrogen-bond acceptors (Lipinski definition) is 6. The van der Waals surface area contributed by atoms with E-state index in [9.17, 15) is 0 Å². The molecule has 0 atom stereocenters. The minimum Gasteiger partial charge on any atom is -0.362 e. The zero-order chi connectivity index (χ0) is 20.8. The van der Waals surface area contributed by atoms with Crippen LogP contribution in [0.2, 0.25) is 0 Å². The Morgan fingerprint density at radius 2 is 1.70 bits per heavy atom. The summed E-state index contributed by atoms with van der Waals surface area (Å²) in [6.07, 6.45) is 12.5. The van der Waals surface area contributed by atoms with Crippen molar-refractivity contribution in [3.05, 3.63) is 60.4 Å². The number of nitrogens with one attached hydrogen (secondary N) is 2. The van der Waals surface area contributed by atoms with E-state index in [2.05, 4.69) is 44.8 Å². The van der Waals surface area contributed by atoms with Crippen LogP contribution in [0, 0.1) is 0 Å². The molecule has 1 saturated carbocycles. The summed E-state index contributed by atoms with van der Waals surface area (Å²) in [7, 11) is 4.05. The van der Waals surface area contributed by atoms with Gasteiger partial charge < -0.3 is 15.5 Å². The van der Waals surface area contributed by atoms with Crippen LogP contribution in [0.1, 0.15) is 31.2 Å².